The summed E-state index contributed by atoms with van der Waals surface area (Å²) >= 11 is 6.18. The maximum atomic E-state index is 13.0. The first-order chi connectivity index (χ1) is 14.7. The van der Waals surface area contributed by atoms with Crippen LogP contribution in [0.5, 0.6) is 5.75 Å². The van der Waals surface area contributed by atoms with Gasteiger partial charge in [0.1, 0.15) is 5.75 Å². The minimum Gasteiger partial charge on any atom is -0.492 e. The predicted molar refractivity (Wildman–Crippen MR) is 122 cm³/mol. The third-order valence-corrected chi connectivity index (χ3v) is 7.31. The van der Waals surface area contributed by atoms with Gasteiger partial charge in [0.25, 0.3) is 5.91 Å². The van der Waals surface area contributed by atoms with Gasteiger partial charge in [-0.05, 0) is 38.1 Å². The molecular formula is C22H25ClN2O5S. The van der Waals surface area contributed by atoms with Crippen molar-refractivity contribution in [2.24, 2.45) is 0 Å². The van der Waals surface area contributed by atoms with E-state index in [0.717, 1.165) is 5.39 Å². The first-order valence-electron chi connectivity index (χ1n) is 10.0. The van der Waals surface area contributed by atoms with Crippen molar-refractivity contribution in [3.8, 4) is 5.75 Å². The summed E-state index contributed by atoms with van der Waals surface area (Å²) < 4.78 is 38.5. The Morgan fingerprint density at radius 3 is 2.48 bits per heavy atom. The molecule has 0 unspecified atom stereocenters. The van der Waals surface area contributed by atoms with Gasteiger partial charge in [0, 0.05) is 24.0 Å². The van der Waals surface area contributed by atoms with Gasteiger partial charge in [-0.2, -0.15) is 4.31 Å². The minimum absolute atomic E-state index is 0.0688. The second-order valence-corrected chi connectivity index (χ2v) is 9.15. The molecule has 1 aromatic heterocycles. The molecule has 0 atom stereocenters. The highest BCUT2D eigenvalue weighted by molar-refractivity contribution is 7.89. The molecule has 0 aliphatic heterocycles. The van der Waals surface area contributed by atoms with Crippen molar-refractivity contribution in [3.05, 3.63) is 52.7 Å². The zero-order chi connectivity index (χ0) is 22.8. The number of nitrogens with one attached hydrogen (secondary N) is 1. The predicted octanol–water partition coefficient (Wildman–Crippen LogP) is 5.08. The lowest BCUT2D eigenvalue weighted by Crippen LogP contribution is -2.30. The standard InChI is InChI=1S/C22H25ClN2O5S/c1-5-25(6-2)31(27,28)15-11-12-19(29-7-3)18(13-15)24-22(26)20-14(4)16-9-8-10-17(23)21(16)30-20/h8-13H,5-7H2,1-4H3,(H,24,26). The lowest BCUT2D eigenvalue weighted by molar-refractivity contribution is 0.0997. The third-order valence-electron chi connectivity index (χ3n) is 4.96. The van der Waals surface area contributed by atoms with Crippen LogP contribution in [0, 0.1) is 6.92 Å². The van der Waals surface area contributed by atoms with Gasteiger partial charge in [-0.25, -0.2) is 8.42 Å². The van der Waals surface area contributed by atoms with Gasteiger partial charge >= 0.3 is 0 Å². The Balaban J connectivity index is 2.02. The number of hydrogen-bond acceptors (Lipinski definition) is 5. The van der Waals surface area contributed by atoms with Crippen LogP contribution in [0.1, 0.15) is 36.9 Å². The molecule has 0 fully saturated rings. The number of aryl methyl sites for hydroxylation is 1. The Morgan fingerprint density at radius 1 is 1.16 bits per heavy atom. The Hall–Kier alpha value is -2.55. The van der Waals surface area contributed by atoms with Crippen LogP contribution >= 0.6 is 11.6 Å². The number of carbonyl (C=O) groups excluding carboxylic acids is 1. The summed E-state index contributed by atoms with van der Waals surface area (Å²) in [6.07, 6.45) is 0. The van der Waals surface area contributed by atoms with Crippen molar-refractivity contribution in [2.75, 3.05) is 25.0 Å². The average molecular weight is 465 g/mol. The molecule has 166 valence electrons. The number of fused-ring (bicyclic) bond motifs is 1. The number of para-hydroxylation sites is 1. The van der Waals surface area contributed by atoms with E-state index >= 15 is 0 Å². The smallest absolute Gasteiger partial charge is 0.291 e. The van der Waals surface area contributed by atoms with E-state index in [4.69, 9.17) is 20.8 Å². The lowest BCUT2D eigenvalue weighted by atomic mass is 10.1. The summed E-state index contributed by atoms with van der Waals surface area (Å²) in [4.78, 5) is 13.1. The number of furan rings is 1. The van der Waals surface area contributed by atoms with E-state index in [1.165, 1.54) is 22.5 Å². The van der Waals surface area contributed by atoms with E-state index in [1.54, 1.807) is 39.8 Å². The summed E-state index contributed by atoms with van der Waals surface area (Å²) in [5.74, 6) is -0.0631. The fourth-order valence-electron chi connectivity index (χ4n) is 3.37. The third kappa shape index (κ3) is 4.42. The molecule has 1 heterocycles. The zero-order valence-electron chi connectivity index (χ0n) is 17.9. The maximum absolute atomic E-state index is 13.0. The molecular weight excluding hydrogens is 440 g/mol. The fraction of sp³-hybridized carbons (Fsp3) is 0.318. The molecule has 2 aromatic carbocycles. The van der Waals surface area contributed by atoms with E-state index < -0.39 is 15.9 Å². The lowest BCUT2D eigenvalue weighted by Gasteiger charge is -2.20. The van der Waals surface area contributed by atoms with Crippen LogP contribution in [-0.2, 0) is 10.0 Å². The summed E-state index contributed by atoms with van der Waals surface area (Å²) in [7, 11) is -3.70. The average Bonchev–Trinajstić information content (AvgIpc) is 3.08. The van der Waals surface area contributed by atoms with Gasteiger partial charge < -0.3 is 14.5 Å². The molecule has 0 radical (unpaired) electrons. The van der Waals surface area contributed by atoms with E-state index in [9.17, 15) is 13.2 Å². The van der Waals surface area contributed by atoms with Gasteiger partial charge in [-0.1, -0.05) is 37.6 Å². The molecule has 0 saturated carbocycles. The van der Waals surface area contributed by atoms with Crippen molar-refractivity contribution in [1.29, 1.82) is 0 Å². The van der Waals surface area contributed by atoms with Crippen molar-refractivity contribution < 1.29 is 22.4 Å². The minimum atomic E-state index is -3.70. The number of amides is 1. The number of sulfonamides is 1. The molecule has 3 aromatic rings. The first-order valence-corrected chi connectivity index (χ1v) is 11.8. The Kier molecular flexibility index (Phi) is 6.93. The van der Waals surface area contributed by atoms with Crippen LogP contribution in [-0.4, -0.2) is 38.3 Å². The first kappa shape index (κ1) is 23.1. The van der Waals surface area contributed by atoms with Crippen LogP contribution < -0.4 is 10.1 Å². The number of rotatable bonds is 8. The van der Waals surface area contributed by atoms with Crippen LogP contribution in [0.15, 0.2) is 45.7 Å². The zero-order valence-corrected chi connectivity index (χ0v) is 19.4. The molecule has 0 aliphatic rings. The van der Waals surface area contributed by atoms with E-state index in [-0.39, 0.29) is 16.3 Å². The number of benzene rings is 2. The summed E-state index contributed by atoms with van der Waals surface area (Å²) in [6.45, 7) is 8.14. The molecule has 0 bridgehead atoms. The monoisotopic (exact) mass is 464 g/mol. The summed E-state index contributed by atoms with van der Waals surface area (Å²) in [6, 6.07) is 9.70. The second kappa shape index (κ2) is 9.30. The quantitative estimate of drug-likeness (QED) is 0.502. The molecule has 1 N–H and O–H groups in total. The number of carbonyl (C=O) groups is 1. The normalized spacial score (nSPS) is 11.8. The van der Waals surface area contributed by atoms with Gasteiger partial charge in [0.05, 0.1) is 22.2 Å². The highest BCUT2D eigenvalue weighted by Crippen LogP contribution is 2.33. The highest BCUT2D eigenvalue weighted by Gasteiger charge is 2.25. The van der Waals surface area contributed by atoms with Gasteiger partial charge in [-0.15, -0.1) is 0 Å². The number of ether oxygens (including phenoxy) is 1. The van der Waals surface area contributed by atoms with Crippen molar-refractivity contribution in [3.63, 3.8) is 0 Å². The molecule has 3 rings (SSSR count). The molecule has 1 amide bonds. The molecule has 9 heteroatoms. The molecule has 0 aliphatic carbocycles. The van der Waals surface area contributed by atoms with Crippen LogP contribution in [0.25, 0.3) is 11.0 Å². The Labute approximate surface area is 187 Å². The van der Waals surface area contributed by atoms with Crippen molar-refractivity contribution >= 4 is 44.2 Å². The topological polar surface area (TPSA) is 88.9 Å². The summed E-state index contributed by atoms with van der Waals surface area (Å²) in [5.41, 5.74) is 1.31. The van der Waals surface area contributed by atoms with Gasteiger partial charge in [0.15, 0.2) is 11.3 Å². The Bertz CT molecular complexity index is 1220. The fourth-order valence-corrected chi connectivity index (χ4v) is 5.06. The van der Waals surface area contributed by atoms with Crippen LogP contribution in [0.3, 0.4) is 0 Å². The van der Waals surface area contributed by atoms with Crippen molar-refractivity contribution in [2.45, 2.75) is 32.6 Å². The maximum Gasteiger partial charge on any atom is 0.291 e. The van der Waals surface area contributed by atoms with Crippen LogP contribution in [0.4, 0.5) is 5.69 Å². The number of anilines is 1. The van der Waals surface area contributed by atoms with Gasteiger partial charge in [0.2, 0.25) is 10.0 Å². The second-order valence-electron chi connectivity index (χ2n) is 6.81. The van der Waals surface area contributed by atoms with E-state index in [2.05, 4.69) is 5.32 Å². The van der Waals surface area contributed by atoms with E-state index in [1.807, 2.05) is 6.07 Å². The van der Waals surface area contributed by atoms with Crippen LogP contribution in [0.2, 0.25) is 5.02 Å². The molecule has 31 heavy (non-hydrogen) atoms. The van der Waals surface area contributed by atoms with E-state index in [0.29, 0.717) is 41.6 Å². The largest absolute Gasteiger partial charge is 0.492 e. The number of hydrogen-bond donors (Lipinski definition) is 1. The molecule has 0 spiro atoms. The highest BCUT2D eigenvalue weighted by atomic mass is 35.5. The van der Waals surface area contributed by atoms with Gasteiger partial charge in [-0.3, -0.25) is 4.79 Å². The van der Waals surface area contributed by atoms with Crippen molar-refractivity contribution in [1.82, 2.24) is 4.31 Å². The number of halogens is 1. The SMILES string of the molecule is CCOc1ccc(S(=O)(=O)N(CC)CC)cc1NC(=O)c1oc2c(Cl)cccc2c1C. The molecule has 7 nitrogen and oxygen atoms in total. The Morgan fingerprint density at radius 2 is 1.87 bits per heavy atom. The number of nitrogens with zero attached hydrogens (tertiary/aromatic N) is 1. The molecule has 0 saturated heterocycles. The summed E-state index contributed by atoms with van der Waals surface area (Å²) in [5, 5.41) is 3.88.